The van der Waals surface area contributed by atoms with Crippen LogP contribution in [0.2, 0.25) is 0 Å². The Morgan fingerprint density at radius 1 is 1.32 bits per heavy atom. The van der Waals surface area contributed by atoms with Crippen LogP contribution < -0.4 is 10.6 Å². The standard InChI is InChI=1S/C17H19N3O5/c1-3-25-17(24)13-6-4-12(5-7-13)9-19-10-14(8-18)15(21)20-11(2)16(22)23/h4-7,10-11,19H,3,9H2,1-2H3,(H,20,21)(H,22,23)/b14-10-. The number of rotatable bonds is 8. The summed E-state index contributed by atoms with van der Waals surface area (Å²) in [4.78, 5) is 34.0. The van der Waals surface area contributed by atoms with Crippen LogP contribution in [0.25, 0.3) is 0 Å². The number of nitrogens with one attached hydrogen (secondary N) is 2. The van der Waals surface area contributed by atoms with Crippen molar-refractivity contribution >= 4 is 17.8 Å². The molecule has 132 valence electrons. The minimum atomic E-state index is -1.19. The molecule has 0 bridgehead atoms. The topological polar surface area (TPSA) is 129 Å². The lowest BCUT2D eigenvalue weighted by Gasteiger charge is -2.08. The van der Waals surface area contributed by atoms with Gasteiger partial charge in [0.2, 0.25) is 0 Å². The zero-order valence-corrected chi connectivity index (χ0v) is 13.9. The molecule has 0 radical (unpaired) electrons. The molecule has 0 aliphatic heterocycles. The fraction of sp³-hybridized carbons (Fsp3) is 0.294. The van der Waals surface area contributed by atoms with Crippen molar-refractivity contribution in [3.8, 4) is 6.07 Å². The molecule has 1 atom stereocenters. The Balaban J connectivity index is 2.62. The summed E-state index contributed by atoms with van der Waals surface area (Å²) in [5, 5.41) is 22.7. The van der Waals surface area contributed by atoms with Crippen molar-refractivity contribution in [2.45, 2.75) is 26.4 Å². The van der Waals surface area contributed by atoms with E-state index in [1.54, 1.807) is 37.3 Å². The van der Waals surface area contributed by atoms with Crippen LogP contribution in [-0.4, -0.2) is 35.6 Å². The predicted octanol–water partition coefficient (Wildman–Crippen LogP) is 0.950. The van der Waals surface area contributed by atoms with Gasteiger partial charge in [-0.15, -0.1) is 0 Å². The summed E-state index contributed by atoms with van der Waals surface area (Å²) in [7, 11) is 0. The van der Waals surface area contributed by atoms with E-state index in [0.717, 1.165) is 5.56 Å². The van der Waals surface area contributed by atoms with E-state index in [9.17, 15) is 14.4 Å². The first-order valence-corrected chi connectivity index (χ1v) is 7.52. The number of aliphatic carboxylic acids is 1. The minimum absolute atomic E-state index is 0.240. The Hall–Kier alpha value is -3.34. The molecule has 25 heavy (non-hydrogen) atoms. The van der Waals surface area contributed by atoms with Gasteiger partial charge in [0.25, 0.3) is 5.91 Å². The second kappa shape index (κ2) is 9.72. The number of carboxylic acids is 1. The van der Waals surface area contributed by atoms with Crippen LogP contribution >= 0.6 is 0 Å². The number of nitrogens with zero attached hydrogens (tertiary/aromatic N) is 1. The Morgan fingerprint density at radius 2 is 1.96 bits per heavy atom. The first-order chi connectivity index (χ1) is 11.9. The number of esters is 1. The van der Waals surface area contributed by atoms with E-state index < -0.39 is 23.9 Å². The molecular weight excluding hydrogens is 326 g/mol. The quantitative estimate of drug-likeness (QED) is 0.363. The monoisotopic (exact) mass is 345 g/mol. The fourth-order valence-corrected chi connectivity index (χ4v) is 1.73. The maximum absolute atomic E-state index is 11.8. The van der Waals surface area contributed by atoms with Gasteiger partial charge in [-0.2, -0.15) is 5.26 Å². The summed E-state index contributed by atoms with van der Waals surface area (Å²) < 4.78 is 4.88. The molecule has 1 aromatic carbocycles. The summed E-state index contributed by atoms with van der Waals surface area (Å²) >= 11 is 0. The first-order valence-electron chi connectivity index (χ1n) is 7.52. The normalized spacial score (nSPS) is 11.8. The van der Waals surface area contributed by atoms with E-state index in [1.807, 2.05) is 0 Å². The van der Waals surface area contributed by atoms with E-state index in [0.29, 0.717) is 18.7 Å². The number of carbonyl (C=O) groups excluding carboxylic acids is 2. The molecule has 0 fully saturated rings. The number of hydrogen-bond acceptors (Lipinski definition) is 6. The number of nitriles is 1. The van der Waals surface area contributed by atoms with Crippen LogP contribution in [0.4, 0.5) is 0 Å². The third-order valence-electron chi connectivity index (χ3n) is 3.10. The second-order valence-electron chi connectivity index (χ2n) is 5.00. The summed E-state index contributed by atoms with van der Waals surface area (Å²) in [6, 6.07) is 7.27. The molecule has 1 aromatic rings. The van der Waals surface area contributed by atoms with Crippen molar-refractivity contribution in [3.05, 3.63) is 47.2 Å². The molecule has 0 aliphatic carbocycles. The molecule has 0 saturated carbocycles. The highest BCUT2D eigenvalue weighted by atomic mass is 16.5. The molecule has 1 rings (SSSR count). The molecule has 1 unspecified atom stereocenters. The number of carbonyl (C=O) groups is 3. The maximum Gasteiger partial charge on any atom is 0.338 e. The molecule has 8 heteroatoms. The molecular formula is C17H19N3O5. The van der Waals surface area contributed by atoms with Gasteiger partial charge in [-0.1, -0.05) is 12.1 Å². The van der Waals surface area contributed by atoms with Crippen LogP contribution in [0.5, 0.6) is 0 Å². The van der Waals surface area contributed by atoms with Crippen LogP contribution in [-0.2, 0) is 20.9 Å². The van der Waals surface area contributed by atoms with E-state index in [4.69, 9.17) is 15.1 Å². The Labute approximate surface area is 145 Å². The number of amides is 1. The number of hydrogen-bond donors (Lipinski definition) is 3. The smallest absolute Gasteiger partial charge is 0.338 e. The van der Waals surface area contributed by atoms with Crippen molar-refractivity contribution in [3.63, 3.8) is 0 Å². The van der Waals surface area contributed by atoms with Crippen molar-refractivity contribution in [1.82, 2.24) is 10.6 Å². The zero-order valence-electron chi connectivity index (χ0n) is 13.9. The molecule has 3 N–H and O–H groups in total. The van der Waals surface area contributed by atoms with Crippen LogP contribution in [0.1, 0.15) is 29.8 Å². The van der Waals surface area contributed by atoms with Gasteiger partial charge in [0.1, 0.15) is 17.7 Å². The minimum Gasteiger partial charge on any atom is -0.480 e. The third kappa shape index (κ3) is 6.35. The first kappa shape index (κ1) is 19.7. The third-order valence-corrected chi connectivity index (χ3v) is 3.10. The highest BCUT2D eigenvalue weighted by Gasteiger charge is 2.16. The van der Waals surface area contributed by atoms with Gasteiger partial charge in [0.15, 0.2) is 0 Å². The molecule has 0 spiro atoms. The SMILES string of the molecule is CCOC(=O)c1ccc(CN/C=C(/C#N)C(=O)NC(C)C(=O)O)cc1. The van der Waals surface area contributed by atoms with Gasteiger partial charge < -0.3 is 20.5 Å². The van der Waals surface area contributed by atoms with E-state index in [2.05, 4.69) is 10.6 Å². The zero-order chi connectivity index (χ0) is 18.8. The summed E-state index contributed by atoms with van der Waals surface area (Å²) in [5.41, 5.74) is 1.01. The second-order valence-corrected chi connectivity index (χ2v) is 5.00. The predicted molar refractivity (Wildman–Crippen MR) is 88.2 cm³/mol. The van der Waals surface area contributed by atoms with Crippen molar-refractivity contribution < 1.29 is 24.2 Å². The van der Waals surface area contributed by atoms with Gasteiger partial charge >= 0.3 is 11.9 Å². The summed E-state index contributed by atoms with van der Waals surface area (Å²) in [6.45, 7) is 3.64. The molecule has 0 aromatic heterocycles. The van der Waals surface area contributed by atoms with Gasteiger partial charge in [-0.05, 0) is 31.5 Å². The van der Waals surface area contributed by atoms with Crippen LogP contribution in [0, 0.1) is 11.3 Å². The van der Waals surface area contributed by atoms with Gasteiger partial charge in [0, 0.05) is 12.7 Å². The van der Waals surface area contributed by atoms with Gasteiger partial charge in [0.05, 0.1) is 12.2 Å². The van der Waals surface area contributed by atoms with E-state index >= 15 is 0 Å². The molecule has 0 saturated heterocycles. The molecule has 1 amide bonds. The maximum atomic E-state index is 11.8. The summed E-state index contributed by atoms with van der Waals surface area (Å²) in [6.07, 6.45) is 1.21. The lowest BCUT2D eigenvalue weighted by atomic mass is 10.1. The van der Waals surface area contributed by atoms with Crippen molar-refractivity contribution in [2.75, 3.05) is 6.61 Å². The average Bonchev–Trinajstić information content (AvgIpc) is 2.59. The van der Waals surface area contributed by atoms with Crippen LogP contribution in [0.15, 0.2) is 36.0 Å². The molecule has 8 nitrogen and oxygen atoms in total. The van der Waals surface area contributed by atoms with Crippen molar-refractivity contribution in [1.29, 1.82) is 5.26 Å². The van der Waals surface area contributed by atoms with E-state index in [-0.39, 0.29) is 5.57 Å². The Morgan fingerprint density at radius 3 is 2.48 bits per heavy atom. The number of carboxylic acid groups (broad SMARTS) is 1. The largest absolute Gasteiger partial charge is 0.480 e. The Bertz CT molecular complexity index is 704. The number of benzene rings is 1. The lowest BCUT2D eigenvalue weighted by Crippen LogP contribution is -2.39. The highest BCUT2D eigenvalue weighted by molar-refractivity contribution is 5.99. The van der Waals surface area contributed by atoms with Crippen LogP contribution in [0.3, 0.4) is 0 Å². The fourth-order valence-electron chi connectivity index (χ4n) is 1.73. The van der Waals surface area contributed by atoms with E-state index in [1.165, 1.54) is 13.1 Å². The van der Waals surface area contributed by atoms with Gasteiger partial charge in [-0.25, -0.2) is 4.79 Å². The van der Waals surface area contributed by atoms with Crippen molar-refractivity contribution in [2.24, 2.45) is 0 Å². The average molecular weight is 345 g/mol. The molecule has 0 aliphatic rings. The molecule has 0 heterocycles. The highest BCUT2D eigenvalue weighted by Crippen LogP contribution is 2.06. The summed E-state index contributed by atoms with van der Waals surface area (Å²) in [5.74, 6) is -2.37. The number of ether oxygens (including phenoxy) is 1. The Kier molecular flexibility index (Phi) is 7.66. The lowest BCUT2D eigenvalue weighted by molar-refractivity contribution is -0.140. The van der Waals surface area contributed by atoms with Gasteiger partial charge in [-0.3, -0.25) is 9.59 Å².